The molecule has 5 nitrogen and oxygen atoms in total. The molecule has 0 unspecified atom stereocenters. The van der Waals surface area contributed by atoms with Crippen LogP contribution >= 0.6 is 12.2 Å². The van der Waals surface area contributed by atoms with Crippen LogP contribution in [0.3, 0.4) is 0 Å². The summed E-state index contributed by atoms with van der Waals surface area (Å²) >= 11 is 4.84. The number of nitrogens with two attached hydrogens (primary N) is 1. The van der Waals surface area contributed by atoms with Crippen molar-refractivity contribution in [2.24, 2.45) is 12.8 Å². The van der Waals surface area contributed by atoms with Crippen LogP contribution < -0.4 is 5.73 Å². The van der Waals surface area contributed by atoms with Crippen LogP contribution in [0.1, 0.15) is 36.3 Å². The van der Waals surface area contributed by atoms with Crippen molar-refractivity contribution in [3.63, 3.8) is 0 Å². The van der Waals surface area contributed by atoms with E-state index in [-0.39, 0.29) is 5.91 Å². The molecular weight excluding hydrogens is 248 g/mol. The molecule has 1 amide bonds. The van der Waals surface area contributed by atoms with Crippen molar-refractivity contribution < 1.29 is 4.79 Å². The number of carbonyl (C=O) groups excluding carboxylic acids is 1. The molecule has 1 rings (SSSR count). The van der Waals surface area contributed by atoms with E-state index in [2.05, 4.69) is 5.10 Å². The quantitative estimate of drug-likeness (QED) is 0.785. The van der Waals surface area contributed by atoms with Gasteiger partial charge in [-0.2, -0.15) is 5.10 Å². The third-order valence-corrected chi connectivity index (χ3v) is 2.97. The number of hydrogen-bond donors (Lipinski definition) is 1. The van der Waals surface area contributed by atoms with Gasteiger partial charge in [-0.05, 0) is 13.3 Å². The fourth-order valence-electron chi connectivity index (χ4n) is 1.79. The highest BCUT2D eigenvalue weighted by atomic mass is 32.1. The molecule has 0 aliphatic carbocycles. The molecule has 0 atom stereocenters. The van der Waals surface area contributed by atoms with Crippen molar-refractivity contribution in [3.05, 3.63) is 17.5 Å². The van der Waals surface area contributed by atoms with Crippen LogP contribution in [0.25, 0.3) is 0 Å². The van der Waals surface area contributed by atoms with Crippen LogP contribution in [0.4, 0.5) is 0 Å². The summed E-state index contributed by atoms with van der Waals surface area (Å²) in [5.41, 5.74) is 6.97. The minimum Gasteiger partial charge on any atom is -0.393 e. The van der Waals surface area contributed by atoms with Crippen LogP contribution in [0.2, 0.25) is 0 Å². The molecule has 0 saturated carbocycles. The maximum absolute atomic E-state index is 12.4. The first-order valence-electron chi connectivity index (χ1n) is 6.09. The number of aryl methyl sites for hydroxylation is 2. The molecule has 1 aromatic heterocycles. The molecule has 0 aromatic carbocycles. The average molecular weight is 268 g/mol. The minimum absolute atomic E-state index is 0.00120. The number of amides is 1. The van der Waals surface area contributed by atoms with Crippen molar-refractivity contribution in [2.45, 2.75) is 26.7 Å². The smallest absolute Gasteiger partial charge is 0.257 e. The molecule has 100 valence electrons. The van der Waals surface area contributed by atoms with Gasteiger partial charge < -0.3 is 10.6 Å². The van der Waals surface area contributed by atoms with Gasteiger partial charge in [-0.1, -0.05) is 19.1 Å². The largest absolute Gasteiger partial charge is 0.393 e. The first-order chi connectivity index (χ1) is 8.49. The number of hydrogen-bond acceptors (Lipinski definition) is 3. The summed E-state index contributed by atoms with van der Waals surface area (Å²) in [7, 11) is 1.82. The minimum atomic E-state index is -0.00120. The number of aromatic nitrogens is 2. The first kappa shape index (κ1) is 14.6. The molecule has 1 aromatic rings. The zero-order chi connectivity index (χ0) is 13.7. The maximum atomic E-state index is 12.4. The van der Waals surface area contributed by atoms with Crippen molar-refractivity contribution in [1.82, 2.24) is 14.7 Å². The second-order valence-electron chi connectivity index (χ2n) is 4.12. The van der Waals surface area contributed by atoms with E-state index in [4.69, 9.17) is 18.0 Å². The van der Waals surface area contributed by atoms with E-state index in [0.29, 0.717) is 30.1 Å². The normalized spacial score (nSPS) is 10.4. The van der Waals surface area contributed by atoms with Gasteiger partial charge in [-0.3, -0.25) is 9.48 Å². The first-order valence-corrected chi connectivity index (χ1v) is 6.50. The highest BCUT2D eigenvalue weighted by molar-refractivity contribution is 7.80. The van der Waals surface area contributed by atoms with Crippen LogP contribution in [0.15, 0.2) is 6.20 Å². The Morgan fingerprint density at radius 2 is 2.22 bits per heavy atom. The molecule has 2 N–H and O–H groups in total. The van der Waals surface area contributed by atoms with Gasteiger partial charge in [0, 0.05) is 32.8 Å². The number of nitrogens with zero attached hydrogens (tertiary/aromatic N) is 3. The van der Waals surface area contributed by atoms with Gasteiger partial charge in [0.1, 0.15) is 0 Å². The number of thiocarbonyl (C=S) groups is 1. The lowest BCUT2D eigenvalue weighted by Gasteiger charge is -2.20. The molecule has 0 bridgehead atoms. The summed E-state index contributed by atoms with van der Waals surface area (Å²) in [5.74, 6) is -0.00120. The van der Waals surface area contributed by atoms with Crippen molar-refractivity contribution in [2.75, 3.05) is 13.1 Å². The molecule has 0 aliphatic rings. The monoisotopic (exact) mass is 268 g/mol. The Kier molecular flexibility index (Phi) is 5.27. The SMILES string of the molecule is CCc1nn(C)cc1C(=O)N(CC)CCC(N)=S. The number of rotatable bonds is 6. The lowest BCUT2D eigenvalue weighted by atomic mass is 10.2. The summed E-state index contributed by atoms with van der Waals surface area (Å²) in [6, 6.07) is 0. The Labute approximate surface area is 113 Å². The Morgan fingerprint density at radius 1 is 1.56 bits per heavy atom. The van der Waals surface area contributed by atoms with Gasteiger partial charge in [0.2, 0.25) is 0 Å². The average Bonchev–Trinajstić information content (AvgIpc) is 2.70. The Morgan fingerprint density at radius 3 is 2.72 bits per heavy atom. The highest BCUT2D eigenvalue weighted by Gasteiger charge is 2.19. The zero-order valence-corrected chi connectivity index (χ0v) is 12.0. The van der Waals surface area contributed by atoms with Crippen LogP contribution in [0, 0.1) is 0 Å². The third kappa shape index (κ3) is 3.53. The molecule has 1 heterocycles. The summed E-state index contributed by atoms with van der Waals surface area (Å²) in [4.78, 5) is 14.5. The third-order valence-electron chi connectivity index (χ3n) is 2.77. The van der Waals surface area contributed by atoms with Crippen molar-refractivity contribution in [3.8, 4) is 0 Å². The van der Waals surface area contributed by atoms with Gasteiger partial charge in [-0.15, -0.1) is 0 Å². The van der Waals surface area contributed by atoms with Gasteiger partial charge in [0.25, 0.3) is 5.91 Å². The summed E-state index contributed by atoms with van der Waals surface area (Å²) < 4.78 is 1.67. The summed E-state index contributed by atoms with van der Waals surface area (Å²) in [6.45, 7) is 5.13. The highest BCUT2D eigenvalue weighted by Crippen LogP contribution is 2.11. The zero-order valence-electron chi connectivity index (χ0n) is 11.1. The van der Waals surface area contributed by atoms with Gasteiger partial charge >= 0.3 is 0 Å². The molecule has 0 spiro atoms. The van der Waals surface area contributed by atoms with E-state index in [9.17, 15) is 4.79 Å². The number of carbonyl (C=O) groups is 1. The predicted octanol–water partition coefficient (Wildman–Crippen LogP) is 1.12. The Bertz CT molecular complexity index is 441. The summed E-state index contributed by atoms with van der Waals surface area (Å²) in [6.07, 6.45) is 3.07. The van der Waals surface area contributed by atoms with Crippen molar-refractivity contribution >= 4 is 23.1 Å². The fraction of sp³-hybridized carbons (Fsp3) is 0.583. The van der Waals surface area contributed by atoms with E-state index in [1.165, 1.54) is 0 Å². The molecule has 0 radical (unpaired) electrons. The molecule has 6 heteroatoms. The molecule has 18 heavy (non-hydrogen) atoms. The summed E-state index contributed by atoms with van der Waals surface area (Å²) in [5, 5.41) is 4.28. The molecule has 0 aliphatic heterocycles. The van der Waals surface area contributed by atoms with Crippen LogP contribution in [-0.4, -0.2) is 38.7 Å². The van der Waals surface area contributed by atoms with Gasteiger partial charge in [0.05, 0.1) is 16.2 Å². The lowest BCUT2D eigenvalue weighted by molar-refractivity contribution is 0.0768. The fourth-order valence-corrected chi connectivity index (χ4v) is 1.88. The van der Waals surface area contributed by atoms with E-state index in [1.807, 2.05) is 20.9 Å². The predicted molar refractivity (Wildman–Crippen MR) is 75.6 cm³/mol. The van der Waals surface area contributed by atoms with Crippen LogP contribution in [-0.2, 0) is 13.5 Å². The Hall–Kier alpha value is -1.43. The van der Waals surface area contributed by atoms with Gasteiger partial charge in [-0.25, -0.2) is 0 Å². The Balaban J connectivity index is 2.85. The van der Waals surface area contributed by atoms with Crippen LogP contribution in [0.5, 0.6) is 0 Å². The van der Waals surface area contributed by atoms with Gasteiger partial charge in [0.15, 0.2) is 0 Å². The lowest BCUT2D eigenvalue weighted by Crippen LogP contribution is -2.33. The molecular formula is C12H20N4OS. The second kappa shape index (κ2) is 6.49. The van der Waals surface area contributed by atoms with E-state index >= 15 is 0 Å². The van der Waals surface area contributed by atoms with E-state index in [1.54, 1.807) is 15.8 Å². The van der Waals surface area contributed by atoms with E-state index < -0.39 is 0 Å². The molecule has 0 saturated heterocycles. The topological polar surface area (TPSA) is 64.2 Å². The van der Waals surface area contributed by atoms with E-state index in [0.717, 1.165) is 12.1 Å². The maximum Gasteiger partial charge on any atom is 0.257 e. The second-order valence-corrected chi connectivity index (χ2v) is 4.64. The van der Waals surface area contributed by atoms with Crippen molar-refractivity contribution in [1.29, 1.82) is 0 Å². The standard InChI is InChI=1S/C12H20N4OS/c1-4-10-9(8-15(3)14-10)12(17)16(5-2)7-6-11(13)18/h8H,4-7H2,1-3H3,(H2,13,18). The molecule has 0 fully saturated rings.